The van der Waals surface area contributed by atoms with Crippen LogP contribution in [0.25, 0.3) is 0 Å². The number of hydrogen-bond donors (Lipinski definition) is 2. The monoisotopic (exact) mass is 398 g/mol. The molecule has 154 valence electrons. The number of carboxylic acid groups (broad SMARTS) is 1. The van der Waals surface area contributed by atoms with Crippen molar-refractivity contribution in [1.82, 2.24) is 20.0 Å². The van der Waals surface area contributed by atoms with Crippen molar-refractivity contribution in [1.29, 1.82) is 0 Å². The molecule has 2 aliphatic heterocycles. The summed E-state index contributed by atoms with van der Waals surface area (Å²) in [6.07, 6.45) is 2.43. The van der Waals surface area contributed by atoms with E-state index in [2.05, 4.69) is 22.1 Å². The second-order valence-electron chi connectivity index (χ2n) is 7.96. The number of hydrogen-bond acceptors (Lipinski definition) is 5. The summed E-state index contributed by atoms with van der Waals surface area (Å²) in [6, 6.07) is 4.92. The van der Waals surface area contributed by atoms with E-state index in [4.69, 9.17) is 4.74 Å². The molecule has 29 heavy (non-hydrogen) atoms. The summed E-state index contributed by atoms with van der Waals surface area (Å²) in [4.78, 5) is 28.4. The van der Waals surface area contributed by atoms with E-state index in [9.17, 15) is 14.7 Å². The number of methoxy groups -OCH3 is 1. The van der Waals surface area contributed by atoms with Crippen molar-refractivity contribution in [3.05, 3.63) is 46.3 Å². The lowest BCUT2D eigenvalue weighted by Gasteiger charge is -2.23. The number of carbonyl (C=O) groups excluding carboxylic acids is 1. The van der Waals surface area contributed by atoms with Crippen LogP contribution in [0.5, 0.6) is 5.75 Å². The Hall–Kier alpha value is -2.87. The van der Waals surface area contributed by atoms with Gasteiger partial charge in [0.2, 0.25) is 0 Å². The highest BCUT2D eigenvalue weighted by Crippen LogP contribution is 2.29. The molecule has 0 spiro atoms. The molecule has 1 aromatic heterocycles. The van der Waals surface area contributed by atoms with E-state index in [1.807, 2.05) is 4.90 Å². The minimum atomic E-state index is -0.953. The standard InChI is InChI=1S/C21H26N4O4/c1-24-7-6-17-16(12-24)19(23-22-17)20(26)25-8-5-13(11-25)9-15-10-14(21(27)28)3-4-18(15)29-2/h3-4,10,13H,5-9,11-12H2,1-2H3,(H,22,23)(H,27,28). The molecule has 1 aromatic carbocycles. The van der Waals surface area contributed by atoms with Crippen LogP contribution in [0.3, 0.4) is 0 Å². The SMILES string of the molecule is COc1ccc(C(=O)O)cc1CC1CCN(C(=O)c2n[nH]c3c2CN(C)CC3)C1. The number of nitrogens with zero attached hydrogens (tertiary/aromatic N) is 3. The third-order valence-corrected chi connectivity index (χ3v) is 5.94. The lowest BCUT2D eigenvalue weighted by molar-refractivity contribution is 0.0696. The second-order valence-corrected chi connectivity index (χ2v) is 7.96. The molecule has 8 nitrogen and oxygen atoms in total. The fourth-order valence-corrected chi connectivity index (χ4v) is 4.32. The zero-order valence-corrected chi connectivity index (χ0v) is 16.8. The Morgan fingerprint density at radius 3 is 2.93 bits per heavy atom. The third kappa shape index (κ3) is 3.85. The maximum atomic E-state index is 13.1. The molecule has 1 saturated heterocycles. The molecule has 8 heteroatoms. The van der Waals surface area contributed by atoms with Gasteiger partial charge in [0.1, 0.15) is 5.75 Å². The Morgan fingerprint density at radius 2 is 2.17 bits per heavy atom. The van der Waals surface area contributed by atoms with Crippen LogP contribution >= 0.6 is 0 Å². The number of fused-ring (bicyclic) bond motifs is 1. The van der Waals surface area contributed by atoms with Gasteiger partial charge in [0.25, 0.3) is 5.91 Å². The molecule has 1 unspecified atom stereocenters. The Labute approximate surface area is 169 Å². The average molecular weight is 398 g/mol. The molecule has 0 radical (unpaired) electrons. The van der Waals surface area contributed by atoms with Gasteiger partial charge in [0, 0.05) is 43.9 Å². The van der Waals surface area contributed by atoms with Crippen LogP contribution in [0.15, 0.2) is 18.2 Å². The van der Waals surface area contributed by atoms with Gasteiger partial charge in [-0.05, 0) is 49.6 Å². The fourth-order valence-electron chi connectivity index (χ4n) is 4.32. The summed E-state index contributed by atoms with van der Waals surface area (Å²) in [5.74, 6) is -0.0320. The molecule has 0 saturated carbocycles. The van der Waals surface area contributed by atoms with Crippen LogP contribution < -0.4 is 4.74 Å². The van der Waals surface area contributed by atoms with Crippen LogP contribution in [0.4, 0.5) is 0 Å². The minimum Gasteiger partial charge on any atom is -0.496 e. The number of carbonyl (C=O) groups is 2. The van der Waals surface area contributed by atoms with E-state index < -0.39 is 5.97 Å². The number of aromatic carboxylic acids is 1. The summed E-state index contributed by atoms with van der Waals surface area (Å²) >= 11 is 0. The van der Waals surface area contributed by atoms with Gasteiger partial charge < -0.3 is 19.6 Å². The van der Waals surface area contributed by atoms with E-state index >= 15 is 0 Å². The number of ether oxygens (including phenoxy) is 1. The highest BCUT2D eigenvalue weighted by molar-refractivity contribution is 5.94. The van der Waals surface area contributed by atoms with Gasteiger partial charge in [0.15, 0.2) is 5.69 Å². The first-order valence-corrected chi connectivity index (χ1v) is 9.90. The van der Waals surface area contributed by atoms with Crippen molar-refractivity contribution >= 4 is 11.9 Å². The van der Waals surface area contributed by atoms with Crippen molar-refractivity contribution in [3.8, 4) is 5.75 Å². The van der Waals surface area contributed by atoms with E-state index in [0.29, 0.717) is 31.0 Å². The predicted octanol–water partition coefficient (Wildman–Crippen LogP) is 1.81. The number of carboxylic acids is 1. The van der Waals surface area contributed by atoms with Gasteiger partial charge in [-0.3, -0.25) is 9.89 Å². The van der Waals surface area contributed by atoms with Gasteiger partial charge in [0.05, 0.1) is 12.7 Å². The number of H-pyrrole nitrogens is 1. The summed E-state index contributed by atoms with van der Waals surface area (Å²) in [7, 11) is 3.64. The average Bonchev–Trinajstić information content (AvgIpc) is 3.34. The van der Waals surface area contributed by atoms with E-state index in [1.165, 1.54) is 0 Å². The summed E-state index contributed by atoms with van der Waals surface area (Å²) < 4.78 is 5.40. The van der Waals surface area contributed by atoms with Crippen molar-refractivity contribution in [2.45, 2.75) is 25.8 Å². The summed E-state index contributed by atoms with van der Waals surface area (Å²) in [5.41, 5.74) is 3.74. The van der Waals surface area contributed by atoms with Crippen LogP contribution in [-0.4, -0.2) is 70.8 Å². The zero-order valence-electron chi connectivity index (χ0n) is 16.8. The molecular weight excluding hydrogens is 372 g/mol. The minimum absolute atomic E-state index is 0.0217. The number of amides is 1. The van der Waals surface area contributed by atoms with E-state index in [-0.39, 0.29) is 17.4 Å². The molecule has 0 aliphatic carbocycles. The Morgan fingerprint density at radius 1 is 1.34 bits per heavy atom. The molecular formula is C21H26N4O4. The maximum Gasteiger partial charge on any atom is 0.335 e. The van der Waals surface area contributed by atoms with E-state index in [1.54, 1.807) is 25.3 Å². The van der Waals surface area contributed by atoms with Gasteiger partial charge in [-0.1, -0.05) is 0 Å². The van der Waals surface area contributed by atoms with Gasteiger partial charge in [-0.15, -0.1) is 0 Å². The zero-order chi connectivity index (χ0) is 20.5. The highest BCUT2D eigenvalue weighted by Gasteiger charge is 2.32. The van der Waals surface area contributed by atoms with Crippen molar-refractivity contribution in [2.75, 3.05) is 33.8 Å². The van der Waals surface area contributed by atoms with Gasteiger partial charge in [-0.25, -0.2) is 4.79 Å². The third-order valence-electron chi connectivity index (χ3n) is 5.94. The van der Waals surface area contributed by atoms with Crippen molar-refractivity contribution < 1.29 is 19.4 Å². The predicted molar refractivity (Wildman–Crippen MR) is 106 cm³/mol. The van der Waals surface area contributed by atoms with Crippen LogP contribution in [-0.2, 0) is 19.4 Å². The lowest BCUT2D eigenvalue weighted by atomic mass is 9.96. The molecule has 3 heterocycles. The maximum absolute atomic E-state index is 13.1. The van der Waals surface area contributed by atoms with Crippen LogP contribution in [0, 0.1) is 5.92 Å². The molecule has 2 N–H and O–H groups in total. The number of aromatic amines is 1. The highest BCUT2D eigenvalue weighted by atomic mass is 16.5. The van der Waals surface area contributed by atoms with Crippen molar-refractivity contribution in [3.63, 3.8) is 0 Å². The first kappa shape index (κ1) is 19.4. The number of benzene rings is 1. The van der Waals surface area contributed by atoms with Crippen LogP contribution in [0.2, 0.25) is 0 Å². The molecule has 1 fully saturated rings. The molecule has 2 aliphatic rings. The van der Waals surface area contributed by atoms with Gasteiger partial charge in [-0.2, -0.15) is 5.10 Å². The second kappa shape index (κ2) is 7.87. The normalized spacial score (nSPS) is 19.2. The molecule has 2 aromatic rings. The molecule has 4 rings (SSSR count). The number of rotatable bonds is 5. The molecule has 1 atom stereocenters. The number of nitrogens with one attached hydrogen (secondary N) is 1. The van der Waals surface area contributed by atoms with Crippen molar-refractivity contribution in [2.24, 2.45) is 5.92 Å². The fraction of sp³-hybridized carbons (Fsp3) is 0.476. The lowest BCUT2D eigenvalue weighted by Crippen LogP contribution is -2.32. The number of likely N-dealkylation sites (tertiary alicyclic amines) is 1. The topological polar surface area (TPSA) is 98.8 Å². The summed E-state index contributed by atoms with van der Waals surface area (Å²) in [6.45, 7) is 3.02. The summed E-state index contributed by atoms with van der Waals surface area (Å²) in [5, 5.41) is 16.6. The van der Waals surface area contributed by atoms with Gasteiger partial charge >= 0.3 is 5.97 Å². The van der Waals surface area contributed by atoms with E-state index in [0.717, 1.165) is 42.8 Å². The first-order valence-electron chi connectivity index (χ1n) is 9.90. The number of likely N-dealkylation sites (N-methyl/N-ethyl adjacent to an activating group) is 1. The Kier molecular flexibility index (Phi) is 5.27. The molecule has 0 bridgehead atoms. The Balaban J connectivity index is 1.46. The van der Waals surface area contributed by atoms with Crippen LogP contribution in [0.1, 0.15) is 44.1 Å². The smallest absolute Gasteiger partial charge is 0.335 e. The quantitative estimate of drug-likeness (QED) is 0.797. The largest absolute Gasteiger partial charge is 0.496 e. The first-order chi connectivity index (χ1) is 14.0. The number of aromatic nitrogens is 2. The Bertz CT molecular complexity index is 939. The molecule has 1 amide bonds.